The molecule has 0 aliphatic carbocycles. The first-order chi connectivity index (χ1) is 17.3. The number of anilines is 1. The Labute approximate surface area is 223 Å². The van der Waals surface area contributed by atoms with Gasteiger partial charge in [0.15, 0.2) is 0 Å². The number of halogens is 2. The minimum Gasteiger partial charge on any atom is -0.330 e. The SMILES string of the molecule is C[C@@H]1CCC[C@H](N2CCC(c3cc(Cl)ccc3Br)=CC2=O)c2cc(ccn2)-c2c(cnn2C)NC1=O. The number of rotatable bonds is 2. The van der Waals surface area contributed by atoms with Crippen molar-refractivity contribution in [3.63, 3.8) is 0 Å². The maximum absolute atomic E-state index is 13.5. The van der Waals surface area contributed by atoms with Crippen LogP contribution >= 0.6 is 27.5 Å². The Morgan fingerprint density at radius 3 is 2.81 bits per heavy atom. The Hall–Kier alpha value is -2.97. The van der Waals surface area contributed by atoms with Crippen molar-refractivity contribution in [1.82, 2.24) is 19.7 Å². The highest BCUT2D eigenvalue weighted by Gasteiger charge is 2.30. The highest BCUT2D eigenvalue weighted by Crippen LogP contribution is 2.37. The van der Waals surface area contributed by atoms with Gasteiger partial charge in [0, 0.05) is 46.8 Å². The molecule has 0 saturated heterocycles. The first kappa shape index (κ1) is 24.7. The van der Waals surface area contributed by atoms with Crippen LogP contribution in [0.4, 0.5) is 5.69 Å². The molecule has 9 heteroatoms. The maximum atomic E-state index is 13.5. The lowest BCUT2D eigenvalue weighted by molar-refractivity contribution is -0.129. The molecular formula is C27H27BrClN5O2. The normalized spacial score (nSPS) is 20.7. The van der Waals surface area contributed by atoms with Crippen LogP contribution in [0.15, 0.2) is 53.3 Å². The Bertz CT molecular complexity index is 1370. The summed E-state index contributed by atoms with van der Waals surface area (Å²) in [7, 11) is 1.85. The standard InChI is InChI=1S/C27H27BrClN5O2/c1-16-4-3-5-24(34-11-9-17(13-25(34)35)20-14-19(29)6-7-21(20)28)22-12-18(8-10-30-22)26-23(32-27(16)36)15-31-33(26)2/h6-8,10,12-16,24H,3-5,9,11H2,1-2H3,(H,32,36)/t16-,24+/m1/s1. The number of pyridine rings is 1. The topological polar surface area (TPSA) is 80.1 Å². The second kappa shape index (κ2) is 10.2. The van der Waals surface area contributed by atoms with E-state index >= 15 is 0 Å². The van der Waals surface area contributed by atoms with Crippen molar-refractivity contribution in [3.05, 3.63) is 69.6 Å². The number of aromatic nitrogens is 3. The molecule has 0 radical (unpaired) electrons. The van der Waals surface area contributed by atoms with Crippen LogP contribution in [0.3, 0.4) is 0 Å². The Morgan fingerprint density at radius 2 is 2.00 bits per heavy atom. The van der Waals surface area contributed by atoms with E-state index in [0.29, 0.717) is 23.7 Å². The van der Waals surface area contributed by atoms with E-state index in [1.165, 1.54) is 0 Å². The number of hydrogen-bond donors (Lipinski definition) is 1. The van der Waals surface area contributed by atoms with E-state index in [9.17, 15) is 9.59 Å². The average molecular weight is 569 g/mol. The van der Waals surface area contributed by atoms with Crippen LogP contribution in [0.2, 0.25) is 5.02 Å². The first-order valence-electron chi connectivity index (χ1n) is 12.1. The molecule has 5 rings (SSSR count). The van der Waals surface area contributed by atoms with Crippen molar-refractivity contribution in [1.29, 1.82) is 0 Å². The fourth-order valence-electron chi connectivity index (χ4n) is 5.04. The molecular weight excluding hydrogens is 542 g/mol. The zero-order valence-electron chi connectivity index (χ0n) is 20.2. The van der Waals surface area contributed by atoms with Crippen molar-refractivity contribution >= 4 is 50.6 Å². The van der Waals surface area contributed by atoms with Crippen LogP contribution < -0.4 is 5.32 Å². The van der Waals surface area contributed by atoms with E-state index in [4.69, 9.17) is 16.6 Å². The molecule has 0 spiro atoms. The minimum atomic E-state index is -0.190. The number of aryl methyl sites for hydroxylation is 1. The Kier molecular flexibility index (Phi) is 6.99. The van der Waals surface area contributed by atoms with Crippen LogP contribution in [-0.4, -0.2) is 38.0 Å². The molecule has 0 saturated carbocycles. The molecule has 2 bridgehead atoms. The van der Waals surface area contributed by atoms with Gasteiger partial charge in [-0.1, -0.05) is 40.9 Å². The largest absolute Gasteiger partial charge is 0.330 e. The van der Waals surface area contributed by atoms with Gasteiger partial charge in [0.05, 0.1) is 29.3 Å². The minimum absolute atomic E-state index is 0.0237. The number of amides is 2. The van der Waals surface area contributed by atoms with Crippen LogP contribution in [0.5, 0.6) is 0 Å². The highest BCUT2D eigenvalue weighted by atomic mass is 79.9. The van der Waals surface area contributed by atoms with E-state index in [1.807, 2.05) is 49.2 Å². The molecule has 1 aromatic carbocycles. The molecule has 1 N–H and O–H groups in total. The third-order valence-electron chi connectivity index (χ3n) is 7.01. The molecule has 2 aliphatic rings. The Balaban J connectivity index is 1.52. The summed E-state index contributed by atoms with van der Waals surface area (Å²) in [6, 6.07) is 9.35. The smallest absolute Gasteiger partial charge is 0.247 e. The monoisotopic (exact) mass is 567 g/mol. The first-order valence-corrected chi connectivity index (χ1v) is 13.2. The summed E-state index contributed by atoms with van der Waals surface area (Å²) in [5.41, 5.74) is 5.14. The van der Waals surface area contributed by atoms with Crippen LogP contribution in [0, 0.1) is 5.92 Å². The molecule has 186 valence electrons. The molecule has 2 atom stereocenters. The number of carbonyl (C=O) groups is 2. The maximum Gasteiger partial charge on any atom is 0.247 e. The molecule has 36 heavy (non-hydrogen) atoms. The van der Waals surface area contributed by atoms with Gasteiger partial charge in [0.25, 0.3) is 0 Å². The summed E-state index contributed by atoms with van der Waals surface area (Å²) >= 11 is 9.81. The lowest BCUT2D eigenvalue weighted by Crippen LogP contribution is -2.38. The van der Waals surface area contributed by atoms with Crippen molar-refractivity contribution in [2.75, 3.05) is 11.9 Å². The van der Waals surface area contributed by atoms with E-state index in [0.717, 1.165) is 51.8 Å². The van der Waals surface area contributed by atoms with Crippen molar-refractivity contribution in [2.45, 2.75) is 38.6 Å². The van der Waals surface area contributed by atoms with Gasteiger partial charge < -0.3 is 10.2 Å². The summed E-state index contributed by atoms with van der Waals surface area (Å²) < 4.78 is 2.67. The lowest BCUT2D eigenvalue weighted by Gasteiger charge is -2.34. The predicted octanol–water partition coefficient (Wildman–Crippen LogP) is 6.01. The highest BCUT2D eigenvalue weighted by molar-refractivity contribution is 9.10. The van der Waals surface area contributed by atoms with Crippen molar-refractivity contribution in [3.8, 4) is 11.3 Å². The second-order valence-corrected chi connectivity index (χ2v) is 10.7. The zero-order chi connectivity index (χ0) is 25.4. The average Bonchev–Trinajstić information content (AvgIpc) is 3.22. The van der Waals surface area contributed by atoms with Gasteiger partial charge in [0.2, 0.25) is 11.8 Å². The summed E-state index contributed by atoms with van der Waals surface area (Å²) in [5.74, 6) is -0.225. The van der Waals surface area contributed by atoms with E-state index in [2.05, 4.69) is 26.3 Å². The summed E-state index contributed by atoms with van der Waals surface area (Å²) in [6.07, 6.45) is 8.12. The second-order valence-electron chi connectivity index (χ2n) is 9.41. The van der Waals surface area contributed by atoms with Gasteiger partial charge >= 0.3 is 0 Å². The number of benzene rings is 1. The molecule has 2 aromatic heterocycles. The Morgan fingerprint density at radius 1 is 1.17 bits per heavy atom. The van der Waals surface area contributed by atoms with Crippen LogP contribution in [0.25, 0.3) is 16.8 Å². The number of nitrogens with zero attached hydrogens (tertiary/aromatic N) is 4. The fourth-order valence-corrected chi connectivity index (χ4v) is 5.71. The van der Waals surface area contributed by atoms with Crippen molar-refractivity contribution in [2.24, 2.45) is 13.0 Å². The molecule has 0 fully saturated rings. The van der Waals surface area contributed by atoms with Gasteiger partial charge in [-0.3, -0.25) is 19.3 Å². The number of hydrogen-bond acceptors (Lipinski definition) is 4. The van der Waals surface area contributed by atoms with E-state index < -0.39 is 0 Å². The summed E-state index contributed by atoms with van der Waals surface area (Å²) in [5, 5.41) is 8.05. The number of fused-ring (bicyclic) bond motifs is 4. The lowest BCUT2D eigenvalue weighted by atomic mass is 9.93. The molecule has 4 heterocycles. The molecule has 0 unspecified atom stereocenters. The van der Waals surface area contributed by atoms with Crippen LogP contribution in [-0.2, 0) is 16.6 Å². The number of nitrogens with one attached hydrogen (secondary N) is 1. The molecule has 2 aliphatic heterocycles. The quantitative estimate of drug-likeness (QED) is 0.410. The van der Waals surface area contributed by atoms with E-state index in [-0.39, 0.29) is 23.8 Å². The van der Waals surface area contributed by atoms with Crippen LogP contribution in [0.1, 0.15) is 49.9 Å². The predicted molar refractivity (Wildman–Crippen MR) is 144 cm³/mol. The van der Waals surface area contributed by atoms with E-state index in [1.54, 1.807) is 23.2 Å². The summed E-state index contributed by atoms with van der Waals surface area (Å²) in [6.45, 7) is 2.51. The number of carbonyl (C=O) groups excluding carboxylic acids is 2. The third kappa shape index (κ3) is 4.84. The van der Waals surface area contributed by atoms with Gasteiger partial charge in [-0.25, -0.2) is 0 Å². The van der Waals surface area contributed by atoms with Crippen molar-refractivity contribution < 1.29 is 9.59 Å². The fraction of sp³-hybridized carbons (Fsp3) is 0.333. The molecule has 3 aromatic rings. The molecule has 2 amide bonds. The zero-order valence-corrected chi connectivity index (χ0v) is 22.5. The van der Waals surface area contributed by atoms with Gasteiger partial charge in [-0.15, -0.1) is 0 Å². The van der Waals surface area contributed by atoms with Gasteiger partial charge in [-0.2, -0.15) is 5.10 Å². The van der Waals surface area contributed by atoms with Gasteiger partial charge in [-0.05, 0) is 60.7 Å². The third-order valence-corrected chi connectivity index (χ3v) is 7.93. The summed E-state index contributed by atoms with van der Waals surface area (Å²) in [4.78, 5) is 32.9. The molecule has 7 nitrogen and oxygen atoms in total. The van der Waals surface area contributed by atoms with Gasteiger partial charge in [0.1, 0.15) is 0 Å².